The first-order valence-electron chi connectivity index (χ1n) is 7.68. The number of carbonyl (C=O) groups is 1. The number of carbonyl (C=O) groups excluding carboxylic acids is 1. The molecule has 0 aliphatic carbocycles. The van der Waals surface area contributed by atoms with Crippen LogP contribution in [0.1, 0.15) is 36.4 Å². The van der Waals surface area contributed by atoms with Gasteiger partial charge in [-0.3, -0.25) is 9.59 Å². The number of H-pyrrole nitrogens is 1. The number of nitrogens with one attached hydrogen (secondary N) is 2. The van der Waals surface area contributed by atoms with E-state index in [1.807, 2.05) is 24.4 Å². The van der Waals surface area contributed by atoms with E-state index in [2.05, 4.69) is 22.2 Å². The maximum absolute atomic E-state index is 12.1. The van der Waals surface area contributed by atoms with Crippen molar-refractivity contribution in [3.05, 3.63) is 44.0 Å². The Balaban J connectivity index is 1.94. The Bertz CT molecular complexity index is 696. The van der Waals surface area contributed by atoms with Gasteiger partial charge in [0.2, 0.25) is 5.91 Å². The minimum atomic E-state index is -0.0903. The number of nitrogens with zero attached hydrogens (tertiary/aromatic N) is 1. The predicted octanol–water partition coefficient (Wildman–Crippen LogP) is 2.75. The van der Waals surface area contributed by atoms with Crippen LogP contribution in [0.15, 0.2) is 27.5 Å². The minimum Gasteiger partial charge on any atom is -0.350 e. The lowest BCUT2D eigenvalue weighted by atomic mass is 10.1. The van der Waals surface area contributed by atoms with Gasteiger partial charge >= 0.3 is 0 Å². The van der Waals surface area contributed by atoms with Crippen LogP contribution in [0.5, 0.6) is 0 Å². The lowest BCUT2D eigenvalue weighted by molar-refractivity contribution is -0.118. The fraction of sp³-hybridized carbons (Fsp3) is 0.438. The molecule has 2 aromatic heterocycles. The molecule has 0 bridgehead atoms. The van der Waals surface area contributed by atoms with Crippen LogP contribution in [-0.2, 0) is 24.2 Å². The highest BCUT2D eigenvalue weighted by atomic mass is 32.2. The van der Waals surface area contributed by atoms with Gasteiger partial charge in [-0.2, -0.15) is 0 Å². The zero-order valence-corrected chi connectivity index (χ0v) is 15.0. The van der Waals surface area contributed by atoms with Crippen molar-refractivity contribution in [3.63, 3.8) is 0 Å². The van der Waals surface area contributed by atoms with E-state index in [9.17, 15) is 9.59 Å². The molecule has 124 valence electrons. The molecular weight excluding hydrogens is 330 g/mol. The molecule has 23 heavy (non-hydrogen) atoms. The van der Waals surface area contributed by atoms with E-state index in [0.717, 1.165) is 29.0 Å². The standard InChI is InChI=1S/C16H21N3O2S2/c1-3-6-13-12(4-2)15(21)19-16(18-13)23-10-14(20)17-9-11-7-5-8-22-11/h5,7-8H,3-4,6,9-10H2,1-2H3,(H,17,20)(H,18,19,21). The molecule has 0 fully saturated rings. The molecule has 0 saturated carbocycles. The number of thioether (sulfide) groups is 1. The summed E-state index contributed by atoms with van der Waals surface area (Å²) in [6.07, 6.45) is 2.39. The normalized spacial score (nSPS) is 10.7. The molecule has 0 radical (unpaired) electrons. The van der Waals surface area contributed by atoms with Gasteiger partial charge in [-0.1, -0.05) is 38.1 Å². The summed E-state index contributed by atoms with van der Waals surface area (Å²) < 4.78 is 0. The summed E-state index contributed by atoms with van der Waals surface area (Å²) in [4.78, 5) is 32.4. The van der Waals surface area contributed by atoms with E-state index in [0.29, 0.717) is 18.1 Å². The molecule has 0 aromatic carbocycles. The first-order chi connectivity index (χ1) is 11.1. The molecule has 0 atom stereocenters. The van der Waals surface area contributed by atoms with Gasteiger partial charge in [0.15, 0.2) is 5.16 Å². The van der Waals surface area contributed by atoms with Gasteiger partial charge in [-0.25, -0.2) is 4.98 Å². The molecule has 2 aromatic rings. The number of amides is 1. The Morgan fingerprint density at radius 1 is 1.43 bits per heavy atom. The van der Waals surface area contributed by atoms with Crippen LogP contribution in [0.25, 0.3) is 0 Å². The molecule has 0 unspecified atom stereocenters. The van der Waals surface area contributed by atoms with E-state index in [1.54, 1.807) is 11.3 Å². The van der Waals surface area contributed by atoms with E-state index in [4.69, 9.17) is 0 Å². The van der Waals surface area contributed by atoms with Crippen LogP contribution in [0, 0.1) is 0 Å². The summed E-state index contributed by atoms with van der Waals surface area (Å²) in [5.41, 5.74) is 1.51. The van der Waals surface area contributed by atoms with Gasteiger partial charge in [-0.05, 0) is 24.3 Å². The van der Waals surface area contributed by atoms with Crippen LogP contribution in [0.4, 0.5) is 0 Å². The molecule has 2 heterocycles. The SMILES string of the molecule is CCCc1nc(SCC(=O)NCc2cccs2)[nH]c(=O)c1CC. The molecule has 0 aliphatic heterocycles. The van der Waals surface area contributed by atoms with Crippen molar-refractivity contribution in [2.45, 2.75) is 44.8 Å². The molecule has 0 aliphatic rings. The second-order valence-corrected chi connectivity index (χ2v) is 7.04. The largest absolute Gasteiger partial charge is 0.350 e. The van der Waals surface area contributed by atoms with Gasteiger partial charge in [0.05, 0.1) is 18.0 Å². The van der Waals surface area contributed by atoms with Crippen LogP contribution >= 0.6 is 23.1 Å². The fourth-order valence-electron chi connectivity index (χ4n) is 2.18. The summed E-state index contributed by atoms with van der Waals surface area (Å²) in [5, 5.41) is 5.36. The number of thiophene rings is 1. The lowest BCUT2D eigenvalue weighted by Crippen LogP contribution is -2.25. The van der Waals surface area contributed by atoms with Gasteiger partial charge in [-0.15, -0.1) is 11.3 Å². The smallest absolute Gasteiger partial charge is 0.254 e. The third-order valence-electron chi connectivity index (χ3n) is 3.30. The van der Waals surface area contributed by atoms with Crippen molar-refractivity contribution in [2.75, 3.05) is 5.75 Å². The highest BCUT2D eigenvalue weighted by Gasteiger charge is 2.11. The third kappa shape index (κ3) is 5.21. The van der Waals surface area contributed by atoms with Gasteiger partial charge in [0, 0.05) is 10.4 Å². The number of hydrogen-bond donors (Lipinski definition) is 2. The van der Waals surface area contributed by atoms with Crippen molar-refractivity contribution in [3.8, 4) is 0 Å². The summed E-state index contributed by atoms with van der Waals surface area (Å²) in [7, 11) is 0. The summed E-state index contributed by atoms with van der Waals surface area (Å²) >= 11 is 2.88. The van der Waals surface area contributed by atoms with Crippen LogP contribution in [-0.4, -0.2) is 21.6 Å². The zero-order valence-electron chi connectivity index (χ0n) is 13.3. The highest BCUT2D eigenvalue weighted by Crippen LogP contribution is 2.14. The van der Waals surface area contributed by atoms with Crippen molar-refractivity contribution in [1.29, 1.82) is 0 Å². The second kappa shape index (κ2) is 8.88. The van der Waals surface area contributed by atoms with Crippen molar-refractivity contribution < 1.29 is 4.79 Å². The number of hydrogen-bond acceptors (Lipinski definition) is 5. The average molecular weight is 351 g/mol. The lowest BCUT2D eigenvalue weighted by Gasteiger charge is -2.08. The van der Waals surface area contributed by atoms with E-state index >= 15 is 0 Å². The van der Waals surface area contributed by atoms with Crippen LogP contribution < -0.4 is 10.9 Å². The Kier molecular flexibility index (Phi) is 6.85. The first-order valence-corrected chi connectivity index (χ1v) is 9.54. The minimum absolute atomic E-state index is 0.0670. The monoisotopic (exact) mass is 351 g/mol. The molecule has 0 spiro atoms. The van der Waals surface area contributed by atoms with Crippen molar-refractivity contribution >= 4 is 29.0 Å². The van der Waals surface area contributed by atoms with Crippen molar-refractivity contribution in [1.82, 2.24) is 15.3 Å². The Morgan fingerprint density at radius 3 is 2.91 bits per heavy atom. The van der Waals surface area contributed by atoms with E-state index in [-0.39, 0.29) is 17.2 Å². The molecule has 7 heteroatoms. The molecular formula is C16H21N3O2S2. The molecule has 5 nitrogen and oxygen atoms in total. The maximum atomic E-state index is 12.1. The number of rotatable bonds is 8. The maximum Gasteiger partial charge on any atom is 0.254 e. The van der Waals surface area contributed by atoms with E-state index in [1.165, 1.54) is 11.8 Å². The highest BCUT2D eigenvalue weighted by molar-refractivity contribution is 7.99. The number of aromatic nitrogens is 2. The van der Waals surface area contributed by atoms with E-state index < -0.39 is 0 Å². The Labute approximate surface area is 143 Å². The summed E-state index contributed by atoms with van der Waals surface area (Å²) in [6, 6.07) is 3.94. The number of aromatic amines is 1. The summed E-state index contributed by atoms with van der Waals surface area (Å²) in [5.74, 6) is 0.174. The molecule has 2 rings (SSSR count). The second-order valence-electron chi connectivity index (χ2n) is 5.04. The molecule has 2 N–H and O–H groups in total. The zero-order chi connectivity index (χ0) is 16.7. The molecule has 0 saturated heterocycles. The average Bonchev–Trinajstić information content (AvgIpc) is 3.04. The molecule has 1 amide bonds. The van der Waals surface area contributed by atoms with Crippen LogP contribution in [0.2, 0.25) is 0 Å². The summed E-state index contributed by atoms with van der Waals surface area (Å²) in [6.45, 7) is 4.56. The topological polar surface area (TPSA) is 74.8 Å². The quantitative estimate of drug-likeness (QED) is 0.566. The van der Waals surface area contributed by atoms with Gasteiger partial charge in [0.1, 0.15) is 0 Å². The van der Waals surface area contributed by atoms with Gasteiger partial charge < -0.3 is 10.3 Å². The van der Waals surface area contributed by atoms with Crippen molar-refractivity contribution in [2.24, 2.45) is 0 Å². The Hall–Kier alpha value is -1.60. The Morgan fingerprint density at radius 2 is 2.26 bits per heavy atom. The number of aryl methyl sites for hydroxylation is 1. The van der Waals surface area contributed by atoms with Crippen LogP contribution in [0.3, 0.4) is 0 Å². The third-order valence-corrected chi connectivity index (χ3v) is 5.05. The predicted molar refractivity (Wildman–Crippen MR) is 95.1 cm³/mol. The van der Waals surface area contributed by atoms with Gasteiger partial charge in [0.25, 0.3) is 5.56 Å². The fourth-order valence-corrected chi connectivity index (χ4v) is 3.54. The first kappa shape index (κ1) is 17.7.